The number of nitrogens with zero attached hydrogens (tertiary/aromatic N) is 1. The maximum Gasteiger partial charge on any atom is 0.355 e. The number of H-pyrrole nitrogens is 1. The third kappa shape index (κ3) is 5.07. The fourth-order valence-corrected chi connectivity index (χ4v) is 4.22. The first-order valence-corrected chi connectivity index (χ1v) is 10.2. The Labute approximate surface area is 171 Å². The van der Waals surface area contributed by atoms with Gasteiger partial charge in [0, 0.05) is 24.3 Å². The van der Waals surface area contributed by atoms with Crippen molar-refractivity contribution in [3.8, 4) is 0 Å². The molecule has 0 radical (unpaired) electrons. The molecule has 2 N–H and O–H groups in total. The molecule has 1 aromatic heterocycles. The Morgan fingerprint density at radius 1 is 1.21 bits per heavy atom. The third-order valence-corrected chi connectivity index (χ3v) is 5.78. The first kappa shape index (κ1) is 21.1. The Morgan fingerprint density at radius 2 is 1.86 bits per heavy atom. The second-order valence-electron chi connectivity index (χ2n) is 7.93. The van der Waals surface area contributed by atoms with E-state index in [1.165, 1.54) is 5.56 Å². The standard InChI is InChI=1S/C23H30N2O4/c1-15-21(17(3)26)16(2)24-22(15)23(28)29-14-20(27)25-11-9-19(10-12-25)13-18-7-5-4-6-8-18/h4-8,17,19,24,26H,9-14H2,1-3H3/t17-/m1/s1. The van der Waals surface area contributed by atoms with Crippen molar-refractivity contribution >= 4 is 11.9 Å². The first-order chi connectivity index (χ1) is 13.9. The highest BCUT2D eigenvalue weighted by Crippen LogP contribution is 2.25. The van der Waals surface area contributed by atoms with Gasteiger partial charge in [-0.2, -0.15) is 0 Å². The smallest absolute Gasteiger partial charge is 0.355 e. The van der Waals surface area contributed by atoms with Crippen molar-refractivity contribution in [3.05, 3.63) is 58.4 Å². The molecule has 1 aliphatic rings. The Kier molecular flexibility index (Phi) is 6.75. The van der Waals surface area contributed by atoms with Crippen LogP contribution in [0.1, 0.15) is 58.7 Å². The van der Waals surface area contributed by atoms with Gasteiger partial charge in [0.1, 0.15) is 5.69 Å². The number of rotatable bonds is 6. The number of aryl methyl sites for hydroxylation is 1. The number of aromatic amines is 1. The van der Waals surface area contributed by atoms with E-state index in [1.807, 2.05) is 6.07 Å². The van der Waals surface area contributed by atoms with Crippen molar-refractivity contribution in [3.63, 3.8) is 0 Å². The van der Waals surface area contributed by atoms with Crippen molar-refractivity contribution in [2.45, 2.75) is 46.1 Å². The summed E-state index contributed by atoms with van der Waals surface area (Å²) in [6.07, 6.45) is 2.28. The molecular formula is C23H30N2O4. The van der Waals surface area contributed by atoms with Crippen LogP contribution in [0, 0.1) is 19.8 Å². The Balaban J connectivity index is 1.48. The number of aliphatic hydroxyl groups is 1. The Bertz CT molecular complexity index is 849. The van der Waals surface area contributed by atoms with Gasteiger partial charge >= 0.3 is 5.97 Å². The zero-order chi connectivity index (χ0) is 21.0. The van der Waals surface area contributed by atoms with Gasteiger partial charge in [-0.15, -0.1) is 0 Å². The van der Waals surface area contributed by atoms with Crippen molar-refractivity contribution < 1.29 is 19.4 Å². The molecule has 6 nitrogen and oxygen atoms in total. The second-order valence-corrected chi connectivity index (χ2v) is 7.93. The lowest BCUT2D eigenvalue weighted by molar-refractivity contribution is -0.135. The third-order valence-electron chi connectivity index (χ3n) is 5.78. The first-order valence-electron chi connectivity index (χ1n) is 10.2. The normalized spacial score (nSPS) is 15.9. The second kappa shape index (κ2) is 9.27. The van der Waals surface area contributed by atoms with Crippen LogP contribution in [0.15, 0.2) is 30.3 Å². The topological polar surface area (TPSA) is 82.6 Å². The maximum absolute atomic E-state index is 12.5. The molecule has 1 aromatic carbocycles. The number of aliphatic hydroxyl groups excluding tert-OH is 1. The van der Waals surface area contributed by atoms with E-state index in [1.54, 1.807) is 25.7 Å². The summed E-state index contributed by atoms with van der Waals surface area (Å²) >= 11 is 0. The number of amides is 1. The number of nitrogens with one attached hydrogen (secondary N) is 1. The molecule has 6 heteroatoms. The quantitative estimate of drug-likeness (QED) is 0.732. The predicted octanol–water partition coefficient (Wildman–Crippen LogP) is 3.32. The molecule has 0 saturated carbocycles. The summed E-state index contributed by atoms with van der Waals surface area (Å²) < 4.78 is 5.25. The zero-order valence-corrected chi connectivity index (χ0v) is 17.4. The number of carbonyl (C=O) groups excluding carboxylic acids is 2. The fourth-order valence-electron chi connectivity index (χ4n) is 4.22. The number of benzene rings is 1. The highest BCUT2D eigenvalue weighted by molar-refractivity contribution is 5.91. The Morgan fingerprint density at radius 3 is 2.45 bits per heavy atom. The van der Waals surface area contributed by atoms with Crippen LogP contribution in [0.2, 0.25) is 0 Å². The van der Waals surface area contributed by atoms with E-state index in [0.717, 1.165) is 25.0 Å². The number of esters is 1. The summed E-state index contributed by atoms with van der Waals surface area (Å²) in [6, 6.07) is 10.4. The van der Waals surface area contributed by atoms with Gasteiger partial charge in [-0.05, 0) is 57.1 Å². The van der Waals surface area contributed by atoms with Crippen molar-refractivity contribution in [2.24, 2.45) is 5.92 Å². The monoisotopic (exact) mass is 398 g/mol. The van der Waals surface area contributed by atoms with Gasteiger partial charge in [0.05, 0.1) is 6.10 Å². The highest BCUT2D eigenvalue weighted by Gasteiger charge is 2.25. The average molecular weight is 399 g/mol. The summed E-state index contributed by atoms with van der Waals surface area (Å²) in [4.78, 5) is 29.6. The van der Waals surface area contributed by atoms with E-state index >= 15 is 0 Å². The molecule has 1 fully saturated rings. The van der Waals surface area contributed by atoms with Crippen LogP contribution < -0.4 is 0 Å². The van der Waals surface area contributed by atoms with Gasteiger partial charge in [0.2, 0.25) is 0 Å². The summed E-state index contributed by atoms with van der Waals surface area (Å²) in [5, 5.41) is 9.85. The number of carbonyl (C=O) groups is 2. The minimum Gasteiger partial charge on any atom is -0.451 e. The van der Waals surface area contributed by atoms with Gasteiger partial charge in [0.15, 0.2) is 6.61 Å². The van der Waals surface area contributed by atoms with E-state index in [4.69, 9.17) is 4.74 Å². The lowest BCUT2D eigenvalue weighted by atomic mass is 9.90. The molecule has 0 unspecified atom stereocenters. The molecule has 2 aromatic rings. The van der Waals surface area contributed by atoms with Gasteiger partial charge < -0.3 is 19.7 Å². The number of aromatic nitrogens is 1. The molecule has 0 aliphatic carbocycles. The SMILES string of the molecule is Cc1[nH]c(C(=O)OCC(=O)N2CCC(Cc3ccccc3)CC2)c(C)c1[C@@H](C)O. The molecule has 1 amide bonds. The maximum atomic E-state index is 12.5. The summed E-state index contributed by atoms with van der Waals surface area (Å²) in [5.74, 6) is -0.148. The van der Waals surface area contributed by atoms with Crippen LogP contribution in [0.3, 0.4) is 0 Å². The fraction of sp³-hybridized carbons (Fsp3) is 0.478. The molecule has 1 atom stereocenters. The molecule has 0 bridgehead atoms. The lowest BCUT2D eigenvalue weighted by Gasteiger charge is -2.32. The van der Waals surface area contributed by atoms with Gasteiger partial charge in [-0.25, -0.2) is 4.79 Å². The van der Waals surface area contributed by atoms with Gasteiger partial charge in [0.25, 0.3) is 5.91 Å². The predicted molar refractivity (Wildman–Crippen MR) is 111 cm³/mol. The largest absolute Gasteiger partial charge is 0.451 e. The number of hydrogen-bond acceptors (Lipinski definition) is 4. The van der Waals surface area contributed by atoms with Crippen LogP contribution >= 0.6 is 0 Å². The minimum absolute atomic E-state index is 0.159. The van der Waals surface area contributed by atoms with Crippen LogP contribution in [0.5, 0.6) is 0 Å². The van der Waals surface area contributed by atoms with Crippen LogP contribution in [0.4, 0.5) is 0 Å². The highest BCUT2D eigenvalue weighted by atomic mass is 16.5. The molecule has 1 aliphatic heterocycles. The van der Waals surface area contributed by atoms with E-state index in [2.05, 4.69) is 29.2 Å². The number of piperidine rings is 1. The van der Waals surface area contributed by atoms with Gasteiger partial charge in [-0.1, -0.05) is 30.3 Å². The van der Waals surface area contributed by atoms with Crippen LogP contribution in [-0.2, 0) is 16.0 Å². The van der Waals surface area contributed by atoms with E-state index in [-0.39, 0.29) is 12.5 Å². The van der Waals surface area contributed by atoms with E-state index < -0.39 is 12.1 Å². The number of ether oxygens (including phenoxy) is 1. The molecule has 3 rings (SSSR count). The summed E-state index contributed by atoms with van der Waals surface area (Å²) in [7, 11) is 0. The Hall–Kier alpha value is -2.60. The minimum atomic E-state index is -0.674. The number of hydrogen-bond donors (Lipinski definition) is 2. The van der Waals surface area contributed by atoms with Crippen molar-refractivity contribution in [1.29, 1.82) is 0 Å². The summed E-state index contributed by atoms with van der Waals surface area (Å²) in [5.41, 5.74) is 3.73. The molecule has 156 valence electrons. The molecule has 29 heavy (non-hydrogen) atoms. The molecule has 1 saturated heterocycles. The number of likely N-dealkylation sites (tertiary alicyclic amines) is 1. The zero-order valence-electron chi connectivity index (χ0n) is 17.4. The molecular weight excluding hydrogens is 368 g/mol. The van der Waals surface area contributed by atoms with Gasteiger partial charge in [-0.3, -0.25) is 4.79 Å². The lowest BCUT2D eigenvalue weighted by Crippen LogP contribution is -2.41. The average Bonchev–Trinajstić information content (AvgIpc) is 3.01. The summed E-state index contributed by atoms with van der Waals surface area (Å²) in [6.45, 7) is 6.35. The van der Waals surface area contributed by atoms with Crippen LogP contribution in [0.25, 0.3) is 0 Å². The van der Waals surface area contributed by atoms with Crippen LogP contribution in [-0.4, -0.2) is 46.6 Å². The van der Waals surface area contributed by atoms with Crippen molar-refractivity contribution in [1.82, 2.24) is 9.88 Å². The molecule has 0 spiro atoms. The van der Waals surface area contributed by atoms with E-state index in [9.17, 15) is 14.7 Å². The van der Waals surface area contributed by atoms with E-state index in [0.29, 0.717) is 35.8 Å². The molecule has 2 heterocycles. The van der Waals surface area contributed by atoms with Crippen molar-refractivity contribution in [2.75, 3.05) is 19.7 Å².